The molecule has 1 amide bonds. The third-order valence-electron chi connectivity index (χ3n) is 6.56. The number of rotatable bonds is 8. The minimum atomic E-state index is -0.149. The molecule has 0 bridgehead atoms. The molecule has 9 heteroatoms. The van der Waals surface area contributed by atoms with Gasteiger partial charge in [-0.3, -0.25) is 9.78 Å². The lowest BCUT2D eigenvalue weighted by molar-refractivity contribution is -0.117. The third-order valence-corrected chi connectivity index (χ3v) is 6.79. The molecular weight excluding hydrogens is 464 g/mol. The number of amides is 1. The molecule has 2 fully saturated rings. The van der Waals surface area contributed by atoms with Crippen LogP contribution in [0.3, 0.4) is 0 Å². The number of ether oxygens (including phenoxy) is 1. The fraction of sp³-hybridized carbons (Fsp3) is 0.308. The van der Waals surface area contributed by atoms with Crippen LogP contribution in [0.25, 0.3) is 5.65 Å². The minimum absolute atomic E-state index is 0.0763. The smallest absolute Gasteiger partial charge is 0.229 e. The van der Waals surface area contributed by atoms with Gasteiger partial charge < -0.3 is 19.8 Å². The molecule has 4 aromatic heterocycles. The van der Waals surface area contributed by atoms with Crippen molar-refractivity contribution in [2.45, 2.75) is 37.6 Å². The second kappa shape index (κ2) is 8.85. The Morgan fingerprint density at radius 2 is 2.06 bits per heavy atom. The quantitative estimate of drug-likeness (QED) is 0.362. The van der Waals surface area contributed by atoms with Gasteiger partial charge in [-0.25, -0.2) is 4.98 Å². The van der Waals surface area contributed by atoms with Crippen LogP contribution in [-0.2, 0) is 11.3 Å². The first-order valence-corrected chi connectivity index (χ1v) is 12.1. The van der Waals surface area contributed by atoms with Gasteiger partial charge in [-0.1, -0.05) is 17.7 Å². The van der Waals surface area contributed by atoms with Gasteiger partial charge in [-0.05, 0) is 48.9 Å². The van der Waals surface area contributed by atoms with Crippen molar-refractivity contribution in [3.8, 4) is 5.88 Å². The lowest BCUT2D eigenvalue weighted by Gasteiger charge is -2.11. The summed E-state index contributed by atoms with van der Waals surface area (Å²) in [4.78, 5) is 26.3. The van der Waals surface area contributed by atoms with Crippen molar-refractivity contribution in [2.24, 2.45) is 5.92 Å². The van der Waals surface area contributed by atoms with Crippen LogP contribution >= 0.6 is 11.6 Å². The highest BCUT2D eigenvalue weighted by Gasteiger charge is 2.45. The number of methoxy groups -OCH3 is 1. The Labute approximate surface area is 207 Å². The Morgan fingerprint density at radius 1 is 1.17 bits per heavy atom. The Morgan fingerprint density at radius 3 is 2.86 bits per heavy atom. The van der Waals surface area contributed by atoms with Crippen LogP contribution in [0.1, 0.15) is 48.0 Å². The van der Waals surface area contributed by atoms with Crippen LogP contribution in [0.4, 0.5) is 11.5 Å². The number of pyridine rings is 3. The van der Waals surface area contributed by atoms with Crippen molar-refractivity contribution in [3.63, 3.8) is 0 Å². The highest BCUT2D eigenvalue weighted by Crippen LogP contribution is 2.47. The van der Waals surface area contributed by atoms with Gasteiger partial charge in [-0.2, -0.15) is 4.98 Å². The molecule has 35 heavy (non-hydrogen) atoms. The largest absolute Gasteiger partial charge is 0.481 e. The standard InChI is InChI=1S/C26H25ClN6O2/c1-35-25-10-18(29-12-19-14-33-13-16(15-2-3-15)4-5-24(33)30-19)9-23(31-25)32-26(34)21-11-20(21)22-8-17(27)6-7-28-22/h4-10,13-15,20-21H,2-3,11-12H2,1H3,(H2,29,31,32,34). The zero-order valence-corrected chi connectivity index (χ0v) is 20.0. The predicted molar refractivity (Wildman–Crippen MR) is 134 cm³/mol. The number of fused-ring (bicyclic) bond motifs is 1. The van der Waals surface area contributed by atoms with Crippen molar-refractivity contribution in [1.82, 2.24) is 19.4 Å². The van der Waals surface area contributed by atoms with E-state index in [4.69, 9.17) is 21.3 Å². The van der Waals surface area contributed by atoms with E-state index in [2.05, 4.69) is 43.3 Å². The van der Waals surface area contributed by atoms with Gasteiger partial charge in [0.1, 0.15) is 11.5 Å². The summed E-state index contributed by atoms with van der Waals surface area (Å²) in [6.07, 6.45) is 9.18. The molecule has 0 aliphatic heterocycles. The number of carbonyl (C=O) groups excluding carboxylic acids is 1. The van der Waals surface area contributed by atoms with Gasteiger partial charge in [0, 0.05) is 59.0 Å². The first-order valence-electron chi connectivity index (χ1n) is 11.8. The van der Waals surface area contributed by atoms with E-state index < -0.39 is 0 Å². The summed E-state index contributed by atoms with van der Waals surface area (Å²) in [5, 5.41) is 6.92. The van der Waals surface area contributed by atoms with Crippen molar-refractivity contribution in [3.05, 3.63) is 77.0 Å². The first kappa shape index (κ1) is 21.9. The molecule has 2 aliphatic carbocycles. The van der Waals surface area contributed by atoms with E-state index in [-0.39, 0.29) is 17.7 Å². The minimum Gasteiger partial charge on any atom is -0.481 e. The summed E-state index contributed by atoms with van der Waals surface area (Å²) in [5.74, 6) is 1.39. The van der Waals surface area contributed by atoms with E-state index in [9.17, 15) is 4.79 Å². The van der Waals surface area contributed by atoms with Crippen LogP contribution in [0, 0.1) is 5.92 Å². The summed E-state index contributed by atoms with van der Waals surface area (Å²) in [5.41, 5.74) is 4.86. The number of halogens is 1. The third kappa shape index (κ3) is 4.79. The molecule has 0 aromatic carbocycles. The molecule has 178 valence electrons. The zero-order chi connectivity index (χ0) is 23.9. The van der Waals surface area contributed by atoms with E-state index in [0.717, 1.165) is 29.1 Å². The molecule has 2 saturated carbocycles. The summed E-state index contributed by atoms with van der Waals surface area (Å²) < 4.78 is 7.44. The van der Waals surface area contributed by atoms with Crippen molar-refractivity contribution in [2.75, 3.05) is 17.7 Å². The molecule has 0 saturated heterocycles. The molecule has 0 radical (unpaired) electrons. The molecule has 4 heterocycles. The number of imidazole rings is 1. The first-order chi connectivity index (χ1) is 17.1. The SMILES string of the molecule is COc1cc(NCc2cn3cc(C4CC4)ccc3n2)cc(NC(=O)C2CC2c2cc(Cl)ccn2)n1. The Balaban J connectivity index is 1.12. The fourth-order valence-corrected chi connectivity index (χ4v) is 4.60. The zero-order valence-electron chi connectivity index (χ0n) is 19.2. The maximum Gasteiger partial charge on any atom is 0.229 e. The van der Waals surface area contributed by atoms with Crippen LogP contribution in [0.2, 0.25) is 5.02 Å². The maximum atomic E-state index is 12.8. The predicted octanol–water partition coefficient (Wildman–Crippen LogP) is 5.02. The lowest BCUT2D eigenvalue weighted by atomic mass is 10.2. The molecule has 2 aliphatic rings. The molecule has 2 atom stereocenters. The summed E-state index contributed by atoms with van der Waals surface area (Å²) in [6.45, 7) is 0.534. The van der Waals surface area contributed by atoms with Gasteiger partial charge in [-0.15, -0.1) is 0 Å². The topological polar surface area (TPSA) is 93.4 Å². The van der Waals surface area contributed by atoms with E-state index in [1.165, 1.54) is 18.4 Å². The van der Waals surface area contributed by atoms with E-state index in [0.29, 0.717) is 29.2 Å². The van der Waals surface area contributed by atoms with Crippen LogP contribution in [0.15, 0.2) is 55.0 Å². The summed E-state index contributed by atoms with van der Waals surface area (Å²) in [7, 11) is 1.55. The molecule has 8 nitrogen and oxygen atoms in total. The highest BCUT2D eigenvalue weighted by molar-refractivity contribution is 6.30. The van der Waals surface area contributed by atoms with Crippen molar-refractivity contribution < 1.29 is 9.53 Å². The number of hydrogen-bond donors (Lipinski definition) is 2. The molecule has 4 aromatic rings. The van der Waals surface area contributed by atoms with Gasteiger partial charge in [0.25, 0.3) is 0 Å². The van der Waals surface area contributed by atoms with Gasteiger partial charge in [0.15, 0.2) is 0 Å². The highest BCUT2D eigenvalue weighted by atomic mass is 35.5. The van der Waals surface area contributed by atoms with Crippen LogP contribution < -0.4 is 15.4 Å². The second-order valence-electron chi connectivity index (χ2n) is 9.21. The normalized spacial score (nSPS) is 18.9. The molecule has 0 spiro atoms. The lowest BCUT2D eigenvalue weighted by Crippen LogP contribution is -2.16. The molecular formula is C26H25ClN6O2. The molecule has 2 unspecified atom stereocenters. The second-order valence-corrected chi connectivity index (χ2v) is 9.64. The Hall–Kier alpha value is -3.65. The van der Waals surface area contributed by atoms with E-state index >= 15 is 0 Å². The average Bonchev–Trinajstić information content (AvgIpc) is 3.78. The number of hydrogen-bond acceptors (Lipinski definition) is 6. The monoisotopic (exact) mass is 488 g/mol. The van der Waals surface area contributed by atoms with Gasteiger partial charge >= 0.3 is 0 Å². The molecule has 6 rings (SSSR count). The van der Waals surface area contributed by atoms with E-state index in [1.807, 2.05) is 12.3 Å². The van der Waals surface area contributed by atoms with Gasteiger partial charge in [0.05, 0.1) is 19.3 Å². The number of aromatic nitrogens is 4. The number of anilines is 2. The maximum absolute atomic E-state index is 12.8. The van der Waals surface area contributed by atoms with Crippen molar-refractivity contribution >= 4 is 34.7 Å². The van der Waals surface area contributed by atoms with Crippen LogP contribution in [0.5, 0.6) is 5.88 Å². The van der Waals surface area contributed by atoms with Gasteiger partial charge in [0.2, 0.25) is 11.8 Å². The number of nitrogens with one attached hydrogen (secondary N) is 2. The summed E-state index contributed by atoms with van der Waals surface area (Å²) >= 11 is 6.07. The van der Waals surface area contributed by atoms with Crippen LogP contribution in [-0.4, -0.2) is 32.4 Å². The Bertz CT molecular complexity index is 1420. The molecule has 2 N–H and O–H groups in total. The number of nitrogens with zero attached hydrogens (tertiary/aromatic N) is 4. The Kier molecular flexibility index (Phi) is 5.53. The summed E-state index contributed by atoms with van der Waals surface area (Å²) in [6, 6.07) is 11.4. The fourth-order valence-electron chi connectivity index (χ4n) is 4.43. The average molecular weight is 489 g/mol. The van der Waals surface area contributed by atoms with Crippen molar-refractivity contribution in [1.29, 1.82) is 0 Å². The van der Waals surface area contributed by atoms with E-state index in [1.54, 1.807) is 31.5 Å². The number of carbonyl (C=O) groups is 1.